The van der Waals surface area contributed by atoms with Crippen molar-refractivity contribution >= 4 is 11.3 Å². The molecule has 0 fully saturated rings. The molecule has 0 amide bonds. The zero-order valence-corrected chi connectivity index (χ0v) is 14.3. The molecule has 0 saturated carbocycles. The van der Waals surface area contributed by atoms with Gasteiger partial charge in [-0.2, -0.15) is 10.2 Å². The van der Waals surface area contributed by atoms with Crippen LogP contribution in [0.5, 0.6) is 0 Å². The molecule has 0 radical (unpaired) electrons. The molecule has 1 unspecified atom stereocenters. The summed E-state index contributed by atoms with van der Waals surface area (Å²) < 4.78 is 0. The van der Waals surface area contributed by atoms with E-state index in [0.29, 0.717) is 6.04 Å². The number of aromatic nitrogens is 2. The Kier molecular flexibility index (Phi) is 5.88. The van der Waals surface area contributed by atoms with E-state index < -0.39 is 0 Å². The van der Waals surface area contributed by atoms with Crippen LogP contribution in [0.2, 0.25) is 0 Å². The summed E-state index contributed by atoms with van der Waals surface area (Å²) in [7, 11) is 0. The minimum Gasteiger partial charge on any atom is -0.310 e. The Morgan fingerprint density at radius 2 is 1.86 bits per heavy atom. The molecule has 1 atom stereocenters. The summed E-state index contributed by atoms with van der Waals surface area (Å²) in [6.07, 6.45) is 3.07. The Bertz CT molecular complexity index is 577. The largest absolute Gasteiger partial charge is 0.310 e. The zero-order chi connectivity index (χ0) is 15.2. The van der Waals surface area contributed by atoms with Gasteiger partial charge in [0.2, 0.25) is 0 Å². The van der Waals surface area contributed by atoms with Crippen molar-refractivity contribution in [2.24, 2.45) is 0 Å². The minimum atomic E-state index is 0.322. The normalized spacial score (nSPS) is 12.6. The van der Waals surface area contributed by atoms with E-state index in [1.54, 1.807) is 0 Å². The van der Waals surface area contributed by atoms with Crippen LogP contribution < -0.4 is 5.32 Å². The first-order chi connectivity index (χ1) is 10.2. The van der Waals surface area contributed by atoms with E-state index in [-0.39, 0.29) is 0 Å². The molecule has 0 aliphatic heterocycles. The summed E-state index contributed by atoms with van der Waals surface area (Å²) in [6, 6.07) is 7.02. The fourth-order valence-electron chi connectivity index (χ4n) is 2.57. The second-order valence-electron chi connectivity index (χ2n) is 5.28. The predicted molar refractivity (Wildman–Crippen MR) is 90.0 cm³/mol. The first-order valence-electron chi connectivity index (χ1n) is 7.81. The molecule has 2 aromatic heterocycles. The topological polar surface area (TPSA) is 37.8 Å². The number of hydrogen-bond donors (Lipinski definition) is 1. The van der Waals surface area contributed by atoms with Crippen molar-refractivity contribution in [3.63, 3.8) is 0 Å². The van der Waals surface area contributed by atoms with Gasteiger partial charge < -0.3 is 5.32 Å². The molecule has 4 heteroatoms. The Balaban J connectivity index is 2.27. The Labute approximate surface area is 131 Å². The van der Waals surface area contributed by atoms with Crippen molar-refractivity contribution in [3.8, 4) is 0 Å². The Hall–Kier alpha value is -1.26. The lowest BCUT2D eigenvalue weighted by Crippen LogP contribution is -2.24. The summed E-state index contributed by atoms with van der Waals surface area (Å²) >= 11 is 1.92. The van der Waals surface area contributed by atoms with Crippen molar-refractivity contribution in [2.45, 2.75) is 53.0 Å². The average molecular weight is 303 g/mol. The number of nitrogens with one attached hydrogen (secondary N) is 1. The molecule has 0 aromatic carbocycles. The third-order valence-electron chi connectivity index (χ3n) is 3.66. The summed E-state index contributed by atoms with van der Waals surface area (Å²) in [5.74, 6) is 0. The van der Waals surface area contributed by atoms with Crippen LogP contribution in [0.1, 0.15) is 53.5 Å². The monoisotopic (exact) mass is 303 g/mol. The van der Waals surface area contributed by atoms with Crippen molar-refractivity contribution in [1.29, 1.82) is 0 Å². The Morgan fingerprint density at radius 3 is 2.48 bits per heavy atom. The SMILES string of the molecule is CCNC(Cc1ccc(CC)s1)c1cc(C)nnc1CC. The van der Waals surface area contributed by atoms with E-state index in [9.17, 15) is 0 Å². The summed E-state index contributed by atoms with van der Waals surface area (Å²) in [5.41, 5.74) is 3.41. The number of nitrogens with zero attached hydrogens (tertiary/aromatic N) is 2. The maximum atomic E-state index is 4.38. The first-order valence-corrected chi connectivity index (χ1v) is 8.63. The molecule has 114 valence electrons. The van der Waals surface area contributed by atoms with Gasteiger partial charge in [-0.25, -0.2) is 0 Å². The molecule has 0 spiro atoms. The summed E-state index contributed by atoms with van der Waals surface area (Å²) in [6.45, 7) is 9.49. The van der Waals surface area contributed by atoms with Crippen LogP contribution in [0.4, 0.5) is 0 Å². The van der Waals surface area contributed by atoms with Crippen molar-refractivity contribution in [3.05, 3.63) is 44.9 Å². The number of aryl methyl sites for hydroxylation is 3. The molecule has 0 aliphatic rings. The van der Waals surface area contributed by atoms with E-state index >= 15 is 0 Å². The lowest BCUT2D eigenvalue weighted by Gasteiger charge is -2.20. The highest BCUT2D eigenvalue weighted by molar-refractivity contribution is 7.11. The molecular weight excluding hydrogens is 278 g/mol. The highest BCUT2D eigenvalue weighted by Gasteiger charge is 2.17. The highest BCUT2D eigenvalue weighted by Crippen LogP contribution is 2.26. The molecule has 0 saturated heterocycles. The van der Waals surface area contributed by atoms with Crippen LogP contribution in [-0.2, 0) is 19.3 Å². The van der Waals surface area contributed by atoms with Crippen molar-refractivity contribution in [2.75, 3.05) is 6.54 Å². The van der Waals surface area contributed by atoms with Gasteiger partial charge in [0.15, 0.2) is 0 Å². The molecule has 0 aliphatic carbocycles. The summed E-state index contributed by atoms with van der Waals surface area (Å²) in [4.78, 5) is 2.90. The van der Waals surface area contributed by atoms with Crippen LogP contribution >= 0.6 is 11.3 Å². The van der Waals surface area contributed by atoms with E-state index in [2.05, 4.69) is 54.5 Å². The molecular formula is C17H25N3S. The summed E-state index contributed by atoms with van der Waals surface area (Å²) in [5, 5.41) is 12.2. The van der Waals surface area contributed by atoms with Gasteiger partial charge in [-0.15, -0.1) is 11.3 Å². The van der Waals surface area contributed by atoms with Gasteiger partial charge in [0, 0.05) is 22.2 Å². The zero-order valence-electron chi connectivity index (χ0n) is 13.4. The Morgan fingerprint density at radius 1 is 1.10 bits per heavy atom. The van der Waals surface area contributed by atoms with Crippen LogP contribution in [0.15, 0.2) is 18.2 Å². The van der Waals surface area contributed by atoms with Crippen LogP contribution in [0, 0.1) is 6.92 Å². The number of hydrogen-bond acceptors (Lipinski definition) is 4. The standard InChI is InChI=1S/C17H25N3S/c1-5-13-8-9-14(21-13)11-17(18-7-3)15-10-12(4)19-20-16(15)6-2/h8-10,17-18H,5-7,11H2,1-4H3. The third-order valence-corrected chi connectivity index (χ3v) is 4.91. The van der Waals surface area contributed by atoms with Gasteiger partial charge in [0.05, 0.1) is 11.4 Å². The van der Waals surface area contributed by atoms with Gasteiger partial charge >= 0.3 is 0 Å². The number of likely N-dealkylation sites (N-methyl/N-ethyl adjacent to an activating group) is 1. The quantitative estimate of drug-likeness (QED) is 0.844. The van der Waals surface area contributed by atoms with Crippen molar-refractivity contribution < 1.29 is 0 Å². The minimum absolute atomic E-state index is 0.322. The second kappa shape index (κ2) is 7.66. The van der Waals surface area contributed by atoms with Crippen molar-refractivity contribution in [1.82, 2.24) is 15.5 Å². The first kappa shape index (κ1) is 16.1. The lowest BCUT2D eigenvalue weighted by molar-refractivity contribution is 0.543. The maximum Gasteiger partial charge on any atom is 0.0676 e. The van der Waals surface area contributed by atoms with Crippen LogP contribution in [0.25, 0.3) is 0 Å². The van der Waals surface area contributed by atoms with Gasteiger partial charge in [-0.3, -0.25) is 0 Å². The number of thiophene rings is 1. The van der Waals surface area contributed by atoms with E-state index in [1.165, 1.54) is 15.3 Å². The molecule has 2 aromatic rings. The molecule has 2 heterocycles. The number of rotatable bonds is 7. The third kappa shape index (κ3) is 4.11. The smallest absolute Gasteiger partial charge is 0.0676 e. The predicted octanol–water partition coefficient (Wildman–Crippen LogP) is 3.86. The highest BCUT2D eigenvalue weighted by atomic mass is 32.1. The van der Waals surface area contributed by atoms with Gasteiger partial charge in [-0.1, -0.05) is 20.8 Å². The molecule has 0 bridgehead atoms. The average Bonchev–Trinajstić information content (AvgIpc) is 2.94. The van der Waals surface area contributed by atoms with Gasteiger partial charge in [0.25, 0.3) is 0 Å². The van der Waals surface area contributed by atoms with E-state index in [1.807, 2.05) is 18.3 Å². The van der Waals surface area contributed by atoms with E-state index in [0.717, 1.165) is 37.2 Å². The molecule has 1 N–H and O–H groups in total. The lowest BCUT2D eigenvalue weighted by atomic mass is 9.99. The van der Waals surface area contributed by atoms with Gasteiger partial charge in [0.1, 0.15) is 0 Å². The molecule has 21 heavy (non-hydrogen) atoms. The fourth-order valence-corrected chi connectivity index (χ4v) is 3.58. The van der Waals surface area contributed by atoms with Gasteiger partial charge in [-0.05, 0) is 50.1 Å². The maximum absolute atomic E-state index is 4.38. The second-order valence-corrected chi connectivity index (χ2v) is 6.53. The fraction of sp³-hybridized carbons (Fsp3) is 0.529. The molecule has 3 nitrogen and oxygen atoms in total. The van der Waals surface area contributed by atoms with Crippen LogP contribution in [-0.4, -0.2) is 16.7 Å². The van der Waals surface area contributed by atoms with E-state index in [4.69, 9.17) is 0 Å². The van der Waals surface area contributed by atoms with Crippen LogP contribution in [0.3, 0.4) is 0 Å². The molecule has 2 rings (SSSR count).